The lowest BCUT2D eigenvalue weighted by Crippen LogP contribution is -2.28. The van der Waals surface area contributed by atoms with Crippen molar-refractivity contribution in [3.8, 4) is 0 Å². The third-order valence-corrected chi connectivity index (χ3v) is 6.52. The molecule has 1 aliphatic rings. The molecule has 0 saturated heterocycles. The highest BCUT2D eigenvalue weighted by molar-refractivity contribution is 8.14. The molecule has 0 saturated carbocycles. The summed E-state index contributed by atoms with van der Waals surface area (Å²) in [5.74, 6) is -0.137. The van der Waals surface area contributed by atoms with Gasteiger partial charge in [0.15, 0.2) is 5.17 Å². The lowest BCUT2D eigenvalue weighted by molar-refractivity contribution is -0.00985. The van der Waals surface area contributed by atoms with E-state index in [0.717, 1.165) is 11.3 Å². The van der Waals surface area contributed by atoms with Crippen molar-refractivity contribution in [1.29, 1.82) is 0 Å². The van der Waals surface area contributed by atoms with Gasteiger partial charge in [-0.15, -0.1) is 0 Å². The summed E-state index contributed by atoms with van der Waals surface area (Å²) in [7, 11) is 0. The maximum Gasteiger partial charge on any atom is 0.257 e. The van der Waals surface area contributed by atoms with E-state index >= 15 is 0 Å². The number of carbonyl (C=O) groups is 1. The second-order valence-electron chi connectivity index (χ2n) is 8.26. The Hall–Kier alpha value is -1.73. The van der Waals surface area contributed by atoms with E-state index in [1.807, 2.05) is 25.1 Å². The molecule has 36 heavy (non-hydrogen) atoms. The van der Waals surface area contributed by atoms with Gasteiger partial charge in [-0.2, -0.15) is 0 Å². The highest BCUT2D eigenvalue weighted by Gasteiger charge is 2.24. The predicted octanol–water partition coefficient (Wildman–Crippen LogP) is 2.06. The molecule has 1 aromatic carbocycles. The van der Waals surface area contributed by atoms with Gasteiger partial charge in [0.1, 0.15) is 0 Å². The van der Waals surface area contributed by atoms with Crippen LogP contribution in [-0.4, -0.2) is 102 Å². The summed E-state index contributed by atoms with van der Waals surface area (Å²) >= 11 is 1.60. The number of nitrogens with two attached hydrogens (primary N) is 1. The van der Waals surface area contributed by atoms with Crippen LogP contribution < -0.4 is 16.4 Å². The SMILES string of the molecule is Cc1ccc(NCCOCCOCCOCCOCCOCCN)cc1C(=O)NC1=NC(C)C(C)S1. The number of nitrogens with one attached hydrogen (secondary N) is 2. The molecule has 204 valence electrons. The van der Waals surface area contributed by atoms with E-state index in [1.165, 1.54) is 0 Å². The van der Waals surface area contributed by atoms with Crippen molar-refractivity contribution in [2.45, 2.75) is 32.1 Å². The van der Waals surface area contributed by atoms with Gasteiger partial charge in [0.2, 0.25) is 0 Å². The van der Waals surface area contributed by atoms with Crippen LogP contribution in [0.15, 0.2) is 23.2 Å². The number of amidine groups is 1. The number of benzene rings is 1. The smallest absolute Gasteiger partial charge is 0.257 e. The average molecular weight is 527 g/mol. The number of carbonyl (C=O) groups excluding carboxylic acids is 1. The van der Waals surface area contributed by atoms with Crippen molar-refractivity contribution in [3.63, 3.8) is 0 Å². The minimum atomic E-state index is -0.137. The molecule has 0 radical (unpaired) electrons. The van der Waals surface area contributed by atoms with Gasteiger partial charge >= 0.3 is 0 Å². The first kappa shape index (κ1) is 30.5. The summed E-state index contributed by atoms with van der Waals surface area (Å²) in [6, 6.07) is 5.97. The number of anilines is 1. The van der Waals surface area contributed by atoms with Crippen LogP contribution in [0.5, 0.6) is 0 Å². The molecular weight excluding hydrogens is 484 g/mol. The Morgan fingerprint density at radius 2 is 1.47 bits per heavy atom. The zero-order valence-electron chi connectivity index (χ0n) is 21.8. The van der Waals surface area contributed by atoms with Crippen LogP contribution in [0.25, 0.3) is 0 Å². The Bertz CT molecular complexity index is 798. The summed E-state index contributed by atoms with van der Waals surface area (Å²) in [6.45, 7) is 12.5. The van der Waals surface area contributed by atoms with Crippen LogP contribution in [0.4, 0.5) is 5.69 Å². The second-order valence-corrected chi connectivity index (χ2v) is 9.62. The van der Waals surface area contributed by atoms with Crippen LogP contribution in [0, 0.1) is 6.92 Å². The Morgan fingerprint density at radius 3 is 2.00 bits per heavy atom. The van der Waals surface area contributed by atoms with E-state index in [9.17, 15) is 4.79 Å². The second kappa shape index (κ2) is 18.5. The standard InChI is InChI=1S/C25H42N4O6S/c1-19-4-5-22(18-23(19)24(30)29-25-28-20(2)21(3)36-25)27-7-9-32-11-13-34-15-17-35-16-14-33-12-10-31-8-6-26/h4-5,18,20-21,27H,6-17,26H2,1-3H3,(H,28,29,30). The zero-order valence-corrected chi connectivity index (χ0v) is 22.6. The van der Waals surface area contributed by atoms with E-state index in [4.69, 9.17) is 29.4 Å². The Labute approximate surface area is 219 Å². The van der Waals surface area contributed by atoms with E-state index in [1.54, 1.807) is 11.8 Å². The third-order valence-electron chi connectivity index (χ3n) is 5.33. The molecule has 0 fully saturated rings. The first-order chi connectivity index (χ1) is 17.5. The Kier molecular flexibility index (Phi) is 15.7. The van der Waals surface area contributed by atoms with Crippen LogP contribution >= 0.6 is 11.8 Å². The first-order valence-corrected chi connectivity index (χ1v) is 13.4. The molecular formula is C25H42N4O6S. The topological polar surface area (TPSA) is 126 Å². The molecule has 4 N–H and O–H groups in total. The first-order valence-electron chi connectivity index (χ1n) is 12.5. The number of ether oxygens (including phenoxy) is 5. The number of thioether (sulfide) groups is 1. The average Bonchev–Trinajstić information content (AvgIpc) is 3.18. The maximum atomic E-state index is 12.7. The van der Waals surface area contributed by atoms with Gasteiger partial charge in [0.25, 0.3) is 5.91 Å². The number of amides is 1. The molecule has 1 amide bonds. The number of hydrogen-bond donors (Lipinski definition) is 3. The lowest BCUT2D eigenvalue weighted by Gasteiger charge is -2.12. The number of nitrogens with zero attached hydrogens (tertiary/aromatic N) is 1. The molecule has 2 rings (SSSR count). The molecule has 0 aromatic heterocycles. The Balaban J connectivity index is 1.48. The monoisotopic (exact) mass is 526 g/mol. The van der Waals surface area contributed by atoms with Gasteiger partial charge in [0, 0.05) is 29.6 Å². The van der Waals surface area contributed by atoms with Crippen molar-refractivity contribution in [2.24, 2.45) is 10.7 Å². The summed E-state index contributed by atoms with van der Waals surface area (Å²) in [5, 5.41) is 7.29. The summed E-state index contributed by atoms with van der Waals surface area (Å²) < 4.78 is 27.1. The Morgan fingerprint density at radius 1 is 0.917 bits per heavy atom. The molecule has 1 aliphatic heterocycles. The molecule has 1 aromatic rings. The van der Waals surface area contributed by atoms with Crippen molar-refractivity contribution in [3.05, 3.63) is 29.3 Å². The molecule has 0 spiro atoms. The molecule has 10 nitrogen and oxygen atoms in total. The van der Waals surface area contributed by atoms with E-state index < -0.39 is 0 Å². The fraction of sp³-hybridized carbons (Fsp3) is 0.680. The van der Waals surface area contributed by atoms with Crippen molar-refractivity contribution >= 4 is 28.5 Å². The summed E-state index contributed by atoms with van der Waals surface area (Å²) in [5.41, 5.74) is 7.75. The van der Waals surface area contributed by atoms with Gasteiger partial charge in [-0.3, -0.25) is 9.79 Å². The van der Waals surface area contributed by atoms with Gasteiger partial charge in [0.05, 0.1) is 72.1 Å². The molecule has 11 heteroatoms. The minimum absolute atomic E-state index is 0.137. The van der Waals surface area contributed by atoms with Crippen molar-refractivity contribution < 1.29 is 28.5 Å². The number of hydrogen-bond acceptors (Lipinski definition) is 10. The van der Waals surface area contributed by atoms with Crippen LogP contribution in [0.1, 0.15) is 29.8 Å². The van der Waals surface area contributed by atoms with Gasteiger partial charge in [-0.25, -0.2) is 0 Å². The number of rotatable bonds is 19. The molecule has 0 aliphatic carbocycles. The fourth-order valence-corrected chi connectivity index (χ4v) is 4.12. The van der Waals surface area contributed by atoms with E-state index in [2.05, 4.69) is 29.5 Å². The fourth-order valence-electron chi connectivity index (χ4n) is 3.13. The highest BCUT2D eigenvalue weighted by atomic mass is 32.2. The number of aryl methyl sites for hydroxylation is 1. The normalized spacial score (nSPS) is 17.3. The lowest BCUT2D eigenvalue weighted by atomic mass is 10.1. The maximum absolute atomic E-state index is 12.7. The van der Waals surface area contributed by atoms with Crippen LogP contribution in [0.3, 0.4) is 0 Å². The summed E-state index contributed by atoms with van der Waals surface area (Å²) in [4.78, 5) is 17.2. The van der Waals surface area contributed by atoms with Gasteiger partial charge in [-0.1, -0.05) is 24.8 Å². The van der Waals surface area contributed by atoms with Crippen molar-refractivity contribution in [2.75, 3.05) is 84.5 Å². The highest BCUT2D eigenvalue weighted by Crippen LogP contribution is 2.25. The van der Waals surface area contributed by atoms with E-state index in [0.29, 0.717) is 95.1 Å². The molecule has 2 atom stereocenters. The number of aliphatic imine (C=N–C) groups is 1. The third kappa shape index (κ3) is 12.5. The summed E-state index contributed by atoms with van der Waals surface area (Å²) in [6.07, 6.45) is 0. The van der Waals surface area contributed by atoms with Gasteiger partial charge < -0.3 is 40.1 Å². The van der Waals surface area contributed by atoms with Crippen molar-refractivity contribution in [1.82, 2.24) is 5.32 Å². The predicted molar refractivity (Wildman–Crippen MR) is 144 cm³/mol. The quantitative estimate of drug-likeness (QED) is 0.232. The molecule has 2 unspecified atom stereocenters. The molecule has 1 heterocycles. The zero-order chi connectivity index (χ0) is 26.0. The largest absolute Gasteiger partial charge is 0.383 e. The van der Waals surface area contributed by atoms with Crippen LogP contribution in [0.2, 0.25) is 0 Å². The van der Waals surface area contributed by atoms with Gasteiger partial charge in [-0.05, 0) is 31.5 Å². The molecule has 0 bridgehead atoms. The van der Waals surface area contributed by atoms with E-state index in [-0.39, 0.29) is 11.9 Å². The minimum Gasteiger partial charge on any atom is -0.383 e. The van der Waals surface area contributed by atoms with Crippen LogP contribution in [-0.2, 0) is 23.7 Å².